The number of thiazole rings is 1. The number of aromatic nitrogens is 1. The molecule has 0 spiro atoms. The molecule has 2 aliphatic rings. The zero-order chi connectivity index (χ0) is 16.6. The second kappa shape index (κ2) is 8.67. The summed E-state index contributed by atoms with van der Waals surface area (Å²) in [6.07, 6.45) is 1.68. The van der Waals surface area contributed by atoms with E-state index in [-0.39, 0.29) is 30.7 Å². The van der Waals surface area contributed by atoms with Gasteiger partial charge in [-0.25, -0.2) is 4.98 Å². The van der Waals surface area contributed by atoms with Gasteiger partial charge in [0.05, 0.1) is 11.2 Å². The number of benzene rings is 1. The summed E-state index contributed by atoms with van der Waals surface area (Å²) in [5, 5.41) is 3.21. The standard InChI is InChI=1S/C18H22N4OS.2ClH/c19-18(6-7-18)17(23)22-10-8-21(9-11-22)12-15-13-24-16(20-15)14-4-2-1-3-5-14;;/h1-5,13H,6-12,19H2;2*1H. The lowest BCUT2D eigenvalue weighted by Gasteiger charge is -2.35. The fraction of sp³-hybridized carbons (Fsp3) is 0.444. The summed E-state index contributed by atoms with van der Waals surface area (Å²) in [4.78, 5) is 21.3. The van der Waals surface area contributed by atoms with Gasteiger partial charge in [-0.15, -0.1) is 36.2 Å². The summed E-state index contributed by atoms with van der Waals surface area (Å²) in [6.45, 7) is 4.17. The highest BCUT2D eigenvalue weighted by molar-refractivity contribution is 7.13. The first kappa shape index (κ1) is 21.1. The van der Waals surface area contributed by atoms with Crippen molar-refractivity contribution in [2.45, 2.75) is 24.9 Å². The van der Waals surface area contributed by atoms with Gasteiger partial charge in [0.25, 0.3) is 0 Å². The van der Waals surface area contributed by atoms with E-state index in [1.165, 1.54) is 5.56 Å². The molecule has 1 aromatic carbocycles. The fourth-order valence-corrected chi connectivity index (χ4v) is 3.91. The van der Waals surface area contributed by atoms with E-state index in [4.69, 9.17) is 10.7 Å². The third-order valence-electron chi connectivity index (χ3n) is 4.83. The van der Waals surface area contributed by atoms with Crippen LogP contribution in [0.25, 0.3) is 10.6 Å². The van der Waals surface area contributed by atoms with E-state index < -0.39 is 5.54 Å². The number of carbonyl (C=O) groups excluding carboxylic acids is 1. The summed E-state index contributed by atoms with van der Waals surface area (Å²) < 4.78 is 0. The molecule has 142 valence electrons. The number of rotatable bonds is 4. The number of nitrogens with two attached hydrogens (primary N) is 1. The van der Waals surface area contributed by atoms with Crippen LogP contribution in [0.2, 0.25) is 0 Å². The van der Waals surface area contributed by atoms with Crippen LogP contribution >= 0.6 is 36.2 Å². The van der Waals surface area contributed by atoms with Crippen molar-refractivity contribution in [1.82, 2.24) is 14.8 Å². The Labute approximate surface area is 170 Å². The van der Waals surface area contributed by atoms with Gasteiger partial charge in [0.15, 0.2) is 0 Å². The lowest BCUT2D eigenvalue weighted by Crippen LogP contribution is -2.53. The first-order chi connectivity index (χ1) is 11.6. The molecule has 1 aliphatic heterocycles. The normalized spacial score (nSPS) is 18.6. The second-order valence-electron chi connectivity index (χ2n) is 6.73. The highest BCUT2D eigenvalue weighted by Crippen LogP contribution is 2.34. The van der Waals surface area contributed by atoms with Crippen LogP contribution in [0.15, 0.2) is 35.7 Å². The summed E-state index contributed by atoms with van der Waals surface area (Å²) in [5.41, 5.74) is 7.76. The van der Waals surface area contributed by atoms with Crippen molar-refractivity contribution in [2.24, 2.45) is 5.73 Å². The third kappa shape index (κ3) is 4.56. The average molecular weight is 415 g/mol. The highest BCUT2D eigenvalue weighted by Gasteiger charge is 2.48. The van der Waals surface area contributed by atoms with Crippen LogP contribution in [0.4, 0.5) is 0 Å². The first-order valence-corrected chi connectivity index (χ1v) is 9.32. The summed E-state index contributed by atoms with van der Waals surface area (Å²) in [7, 11) is 0. The number of amides is 1. The van der Waals surface area contributed by atoms with Crippen LogP contribution in [0.5, 0.6) is 0 Å². The SMILES string of the molecule is Cl.Cl.NC1(C(=O)N2CCN(Cc3csc(-c4ccccc4)n3)CC2)CC1. The van der Waals surface area contributed by atoms with E-state index in [2.05, 4.69) is 22.4 Å². The number of carbonyl (C=O) groups is 1. The molecule has 0 atom stereocenters. The van der Waals surface area contributed by atoms with Crippen molar-refractivity contribution >= 4 is 42.1 Å². The molecule has 1 saturated heterocycles. The Balaban J connectivity index is 0.00000121. The molecule has 0 radical (unpaired) electrons. The molecule has 2 heterocycles. The Morgan fingerprint density at radius 2 is 1.77 bits per heavy atom. The van der Waals surface area contributed by atoms with Crippen LogP contribution in [0, 0.1) is 0 Å². The molecule has 1 aromatic heterocycles. The Hall–Kier alpha value is -1.18. The topological polar surface area (TPSA) is 62.5 Å². The molecule has 0 bridgehead atoms. The predicted molar refractivity (Wildman–Crippen MR) is 110 cm³/mol. The van der Waals surface area contributed by atoms with Gasteiger partial charge in [-0.05, 0) is 12.8 Å². The van der Waals surface area contributed by atoms with Gasteiger partial charge in [0.2, 0.25) is 5.91 Å². The summed E-state index contributed by atoms with van der Waals surface area (Å²) in [5.74, 6) is 0.141. The quantitative estimate of drug-likeness (QED) is 0.834. The smallest absolute Gasteiger partial charge is 0.242 e. The lowest BCUT2D eigenvalue weighted by atomic mass is 10.2. The zero-order valence-electron chi connectivity index (χ0n) is 14.5. The molecule has 2 fully saturated rings. The van der Waals surface area contributed by atoms with E-state index in [1.807, 2.05) is 23.1 Å². The minimum Gasteiger partial charge on any atom is -0.339 e. The number of hydrogen-bond donors (Lipinski definition) is 1. The lowest BCUT2D eigenvalue weighted by molar-refractivity contribution is -0.135. The molecule has 26 heavy (non-hydrogen) atoms. The highest BCUT2D eigenvalue weighted by atomic mass is 35.5. The van der Waals surface area contributed by atoms with Crippen molar-refractivity contribution in [2.75, 3.05) is 26.2 Å². The molecular formula is C18H24Cl2N4OS. The minimum absolute atomic E-state index is 0. The second-order valence-corrected chi connectivity index (χ2v) is 7.59. The molecule has 5 nitrogen and oxygen atoms in total. The van der Waals surface area contributed by atoms with Crippen LogP contribution in [0.3, 0.4) is 0 Å². The maximum absolute atomic E-state index is 12.3. The van der Waals surface area contributed by atoms with Crippen molar-refractivity contribution in [3.63, 3.8) is 0 Å². The maximum atomic E-state index is 12.3. The zero-order valence-corrected chi connectivity index (χ0v) is 16.9. The predicted octanol–water partition coefficient (Wildman–Crippen LogP) is 2.79. The molecule has 1 amide bonds. The van der Waals surface area contributed by atoms with E-state index >= 15 is 0 Å². The molecule has 2 aromatic rings. The Morgan fingerprint density at radius 3 is 2.38 bits per heavy atom. The van der Waals surface area contributed by atoms with Gasteiger partial charge in [0, 0.05) is 43.7 Å². The number of piperazine rings is 1. The number of hydrogen-bond acceptors (Lipinski definition) is 5. The average Bonchev–Trinajstić information content (AvgIpc) is 3.20. The Kier molecular flexibility index (Phi) is 7.05. The molecule has 0 unspecified atom stereocenters. The fourth-order valence-electron chi connectivity index (χ4n) is 3.09. The molecule has 2 N–H and O–H groups in total. The van der Waals surface area contributed by atoms with Crippen molar-refractivity contribution in [3.8, 4) is 10.6 Å². The molecule has 1 saturated carbocycles. The van der Waals surface area contributed by atoms with E-state index in [0.717, 1.165) is 56.3 Å². The number of nitrogens with zero attached hydrogens (tertiary/aromatic N) is 3. The molecule has 8 heteroatoms. The Morgan fingerprint density at radius 1 is 1.12 bits per heavy atom. The molecular weight excluding hydrogens is 391 g/mol. The van der Waals surface area contributed by atoms with Gasteiger partial charge in [0.1, 0.15) is 5.01 Å². The first-order valence-electron chi connectivity index (χ1n) is 8.44. The minimum atomic E-state index is -0.540. The van der Waals surface area contributed by atoms with Crippen molar-refractivity contribution in [1.29, 1.82) is 0 Å². The van der Waals surface area contributed by atoms with Crippen LogP contribution in [-0.2, 0) is 11.3 Å². The van der Waals surface area contributed by atoms with Crippen LogP contribution in [-0.4, -0.2) is 52.4 Å². The monoisotopic (exact) mass is 414 g/mol. The largest absolute Gasteiger partial charge is 0.339 e. The summed E-state index contributed by atoms with van der Waals surface area (Å²) >= 11 is 1.69. The Bertz CT molecular complexity index is 728. The molecule has 4 rings (SSSR count). The van der Waals surface area contributed by atoms with Gasteiger partial charge >= 0.3 is 0 Å². The van der Waals surface area contributed by atoms with E-state index in [0.29, 0.717) is 0 Å². The van der Waals surface area contributed by atoms with E-state index in [9.17, 15) is 4.79 Å². The molecule has 1 aliphatic carbocycles. The van der Waals surface area contributed by atoms with Gasteiger partial charge in [-0.2, -0.15) is 0 Å². The summed E-state index contributed by atoms with van der Waals surface area (Å²) in [6, 6.07) is 10.3. The van der Waals surface area contributed by atoms with Crippen molar-refractivity contribution in [3.05, 3.63) is 41.4 Å². The van der Waals surface area contributed by atoms with Crippen LogP contribution in [0.1, 0.15) is 18.5 Å². The number of halogens is 2. The maximum Gasteiger partial charge on any atom is 0.242 e. The van der Waals surface area contributed by atoms with Crippen LogP contribution < -0.4 is 5.73 Å². The van der Waals surface area contributed by atoms with Crippen molar-refractivity contribution < 1.29 is 4.79 Å². The third-order valence-corrected chi connectivity index (χ3v) is 5.77. The van der Waals surface area contributed by atoms with Gasteiger partial charge in [-0.3, -0.25) is 9.69 Å². The van der Waals surface area contributed by atoms with Gasteiger partial charge in [-0.1, -0.05) is 30.3 Å². The van der Waals surface area contributed by atoms with E-state index in [1.54, 1.807) is 11.3 Å². The van der Waals surface area contributed by atoms with Gasteiger partial charge < -0.3 is 10.6 Å².